The molecule has 28 heavy (non-hydrogen) atoms. The first-order valence-corrected chi connectivity index (χ1v) is 9.32. The first kappa shape index (κ1) is 19.9. The van der Waals surface area contributed by atoms with E-state index >= 15 is 0 Å². The molecule has 0 radical (unpaired) electrons. The molecule has 0 aromatic heterocycles. The number of likely N-dealkylation sites (N-methyl/N-ethyl adjacent to an activating group) is 1. The molecular weight excluding hydrogens is 356 g/mol. The number of benzene rings is 2. The lowest BCUT2D eigenvalue weighted by atomic mass is 10.1. The molecule has 1 unspecified atom stereocenters. The molecule has 1 atom stereocenters. The zero-order valence-corrected chi connectivity index (χ0v) is 16.8. The van der Waals surface area contributed by atoms with Crippen LogP contribution in [-0.4, -0.2) is 50.1 Å². The molecule has 1 fully saturated rings. The standard InChI is InChI=1S/C22H26N2O4/c1-15-6-5-7-16(2)21(15)24-20(25)14-19(22(24)26)23(3)12-13-28-18-10-8-17(27-4)9-11-18/h5-11,19H,12-14H2,1-4H3. The van der Waals surface area contributed by atoms with Crippen LogP contribution in [0.15, 0.2) is 42.5 Å². The fraction of sp³-hybridized carbons (Fsp3) is 0.364. The first-order valence-electron chi connectivity index (χ1n) is 9.32. The third-order valence-corrected chi connectivity index (χ3v) is 5.09. The lowest BCUT2D eigenvalue weighted by Crippen LogP contribution is -2.42. The molecule has 2 aromatic rings. The Bertz CT molecular complexity index is 843. The fourth-order valence-electron chi connectivity index (χ4n) is 3.49. The number of methoxy groups -OCH3 is 1. The molecule has 6 heteroatoms. The average molecular weight is 382 g/mol. The van der Waals surface area contributed by atoms with E-state index in [1.807, 2.05) is 68.3 Å². The van der Waals surface area contributed by atoms with Crippen molar-refractivity contribution in [3.05, 3.63) is 53.6 Å². The smallest absolute Gasteiger partial charge is 0.251 e. The van der Waals surface area contributed by atoms with Crippen molar-refractivity contribution >= 4 is 17.5 Å². The van der Waals surface area contributed by atoms with E-state index in [0.29, 0.717) is 18.8 Å². The number of anilines is 1. The van der Waals surface area contributed by atoms with Gasteiger partial charge in [0.05, 0.1) is 25.3 Å². The molecular formula is C22H26N2O4. The number of aryl methyl sites for hydroxylation is 2. The monoisotopic (exact) mass is 382 g/mol. The Kier molecular flexibility index (Phi) is 5.99. The minimum Gasteiger partial charge on any atom is -0.497 e. The van der Waals surface area contributed by atoms with Gasteiger partial charge in [0.2, 0.25) is 5.91 Å². The zero-order chi connectivity index (χ0) is 20.3. The van der Waals surface area contributed by atoms with Crippen LogP contribution in [0, 0.1) is 13.8 Å². The van der Waals surface area contributed by atoms with E-state index in [2.05, 4.69) is 0 Å². The Balaban J connectivity index is 1.62. The predicted octanol–water partition coefficient (Wildman–Crippen LogP) is 2.95. The summed E-state index contributed by atoms with van der Waals surface area (Å²) in [6.07, 6.45) is 0.186. The lowest BCUT2D eigenvalue weighted by molar-refractivity contribution is -0.122. The van der Waals surface area contributed by atoms with Crippen LogP contribution in [0.4, 0.5) is 5.69 Å². The van der Waals surface area contributed by atoms with E-state index < -0.39 is 6.04 Å². The van der Waals surface area contributed by atoms with E-state index in [4.69, 9.17) is 9.47 Å². The van der Waals surface area contributed by atoms with Gasteiger partial charge in [0, 0.05) is 6.54 Å². The summed E-state index contributed by atoms with van der Waals surface area (Å²) >= 11 is 0. The van der Waals surface area contributed by atoms with E-state index in [1.165, 1.54) is 4.90 Å². The van der Waals surface area contributed by atoms with Crippen molar-refractivity contribution in [2.45, 2.75) is 26.3 Å². The van der Waals surface area contributed by atoms with E-state index in [9.17, 15) is 9.59 Å². The van der Waals surface area contributed by atoms with Crippen LogP contribution in [0.2, 0.25) is 0 Å². The van der Waals surface area contributed by atoms with Gasteiger partial charge in [0.1, 0.15) is 18.1 Å². The summed E-state index contributed by atoms with van der Waals surface area (Å²) in [5, 5.41) is 0. The molecule has 6 nitrogen and oxygen atoms in total. The van der Waals surface area contributed by atoms with E-state index in [0.717, 1.165) is 22.6 Å². The van der Waals surface area contributed by atoms with Crippen molar-refractivity contribution in [1.82, 2.24) is 4.90 Å². The molecule has 0 spiro atoms. The number of carbonyl (C=O) groups is 2. The molecule has 0 bridgehead atoms. The van der Waals surface area contributed by atoms with E-state index in [1.54, 1.807) is 7.11 Å². The Hall–Kier alpha value is -2.86. The van der Waals surface area contributed by atoms with Gasteiger partial charge < -0.3 is 9.47 Å². The summed E-state index contributed by atoms with van der Waals surface area (Å²) in [4.78, 5) is 28.8. The summed E-state index contributed by atoms with van der Waals surface area (Å²) < 4.78 is 10.9. The maximum absolute atomic E-state index is 13.0. The topological polar surface area (TPSA) is 59.1 Å². The van der Waals surface area contributed by atoms with Crippen LogP contribution in [0.3, 0.4) is 0 Å². The fourth-order valence-corrected chi connectivity index (χ4v) is 3.49. The predicted molar refractivity (Wildman–Crippen MR) is 108 cm³/mol. The molecule has 2 amide bonds. The highest BCUT2D eigenvalue weighted by molar-refractivity contribution is 6.23. The van der Waals surface area contributed by atoms with Crippen molar-refractivity contribution in [2.24, 2.45) is 0 Å². The third-order valence-electron chi connectivity index (χ3n) is 5.09. The van der Waals surface area contributed by atoms with Gasteiger partial charge in [0.15, 0.2) is 0 Å². The van der Waals surface area contributed by atoms with Crippen molar-refractivity contribution in [3.8, 4) is 11.5 Å². The second kappa shape index (κ2) is 8.44. The molecule has 1 aliphatic heterocycles. The minimum absolute atomic E-state index is 0.157. The lowest BCUT2D eigenvalue weighted by Gasteiger charge is -2.24. The zero-order valence-electron chi connectivity index (χ0n) is 16.8. The Morgan fingerprint density at radius 3 is 2.25 bits per heavy atom. The number of rotatable bonds is 7. The van der Waals surface area contributed by atoms with Gasteiger partial charge in [-0.25, -0.2) is 4.90 Å². The Labute approximate surface area is 165 Å². The molecule has 148 valence electrons. The van der Waals surface area contributed by atoms with Crippen molar-refractivity contribution in [1.29, 1.82) is 0 Å². The number of para-hydroxylation sites is 1. The quantitative estimate of drug-likeness (QED) is 0.689. The molecule has 1 saturated heterocycles. The normalized spacial score (nSPS) is 16.8. The summed E-state index contributed by atoms with van der Waals surface area (Å²) in [5.74, 6) is 1.18. The maximum Gasteiger partial charge on any atom is 0.251 e. The number of hydrogen-bond donors (Lipinski definition) is 0. The van der Waals surface area contributed by atoms with Crippen LogP contribution in [0.1, 0.15) is 17.5 Å². The largest absolute Gasteiger partial charge is 0.497 e. The highest BCUT2D eigenvalue weighted by atomic mass is 16.5. The maximum atomic E-state index is 13.0. The molecule has 0 N–H and O–H groups in total. The average Bonchev–Trinajstić information content (AvgIpc) is 2.97. The number of nitrogens with zero attached hydrogens (tertiary/aromatic N) is 2. The molecule has 0 saturated carbocycles. The van der Waals surface area contributed by atoms with Crippen LogP contribution in [0.5, 0.6) is 11.5 Å². The van der Waals surface area contributed by atoms with Gasteiger partial charge >= 0.3 is 0 Å². The van der Waals surface area contributed by atoms with Crippen molar-refractivity contribution in [2.75, 3.05) is 32.2 Å². The van der Waals surface area contributed by atoms with Crippen LogP contribution >= 0.6 is 0 Å². The second-order valence-corrected chi connectivity index (χ2v) is 7.03. The number of hydrogen-bond acceptors (Lipinski definition) is 5. The molecule has 2 aromatic carbocycles. The Morgan fingerprint density at radius 1 is 1.04 bits per heavy atom. The summed E-state index contributed by atoms with van der Waals surface area (Å²) in [7, 11) is 3.47. The van der Waals surface area contributed by atoms with Gasteiger partial charge in [-0.15, -0.1) is 0 Å². The van der Waals surface area contributed by atoms with Crippen LogP contribution in [0.25, 0.3) is 0 Å². The first-order chi connectivity index (χ1) is 13.4. The molecule has 0 aliphatic carbocycles. The van der Waals surface area contributed by atoms with Crippen LogP contribution in [-0.2, 0) is 9.59 Å². The van der Waals surface area contributed by atoms with Gasteiger partial charge in [-0.3, -0.25) is 14.5 Å². The summed E-state index contributed by atoms with van der Waals surface area (Å²) in [5.41, 5.74) is 2.56. The van der Waals surface area contributed by atoms with Gasteiger partial charge in [-0.05, 0) is 56.3 Å². The van der Waals surface area contributed by atoms with E-state index in [-0.39, 0.29) is 18.2 Å². The minimum atomic E-state index is -0.467. The SMILES string of the molecule is COc1ccc(OCCN(C)C2CC(=O)N(c3c(C)cccc3C)C2=O)cc1. The number of carbonyl (C=O) groups excluding carboxylic acids is 2. The molecule has 1 aliphatic rings. The van der Waals surface area contributed by atoms with Crippen LogP contribution < -0.4 is 14.4 Å². The second-order valence-electron chi connectivity index (χ2n) is 7.03. The van der Waals surface area contributed by atoms with Crippen molar-refractivity contribution in [3.63, 3.8) is 0 Å². The highest BCUT2D eigenvalue weighted by Gasteiger charge is 2.42. The highest BCUT2D eigenvalue weighted by Crippen LogP contribution is 2.30. The van der Waals surface area contributed by atoms with Gasteiger partial charge in [-0.2, -0.15) is 0 Å². The van der Waals surface area contributed by atoms with Gasteiger partial charge in [0.25, 0.3) is 5.91 Å². The van der Waals surface area contributed by atoms with Gasteiger partial charge in [-0.1, -0.05) is 18.2 Å². The number of amides is 2. The third kappa shape index (κ3) is 4.02. The Morgan fingerprint density at radius 2 is 1.64 bits per heavy atom. The van der Waals surface area contributed by atoms with Crippen molar-refractivity contribution < 1.29 is 19.1 Å². The molecule has 1 heterocycles. The number of ether oxygens (including phenoxy) is 2. The summed E-state index contributed by atoms with van der Waals surface area (Å²) in [6.45, 7) is 4.80. The summed E-state index contributed by atoms with van der Waals surface area (Å²) in [6, 6.07) is 12.6. The molecule has 3 rings (SSSR count). The number of imide groups is 1.